The van der Waals surface area contributed by atoms with E-state index >= 15 is 0 Å². The van der Waals surface area contributed by atoms with Gasteiger partial charge in [0.2, 0.25) is 0 Å². The average Bonchev–Trinajstić information content (AvgIpc) is 2.84. The van der Waals surface area contributed by atoms with Crippen LogP contribution in [0.4, 0.5) is 0 Å². The second-order valence-corrected chi connectivity index (χ2v) is 8.73. The van der Waals surface area contributed by atoms with E-state index in [1.54, 1.807) is 6.92 Å². The summed E-state index contributed by atoms with van der Waals surface area (Å²) in [6, 6.07) is 7.34. The van der Waals surface area contributed by atoms with Crippen molar-refractivity contribution in [3.05, 3.63) is 34.9 Å². The van der Waals surface area contributed by atoms with Gasteiger partial charge >= 0.3 is 0 Å². The number of ketones is 1. The van der Waals surface area contributed by atoms with Gasteiger partial charge in [-0.05, 0) is 56.8 Å². The lowest BCUT2D eigenvalue weighted by atomic mass is 9.90. The Morgan fingerprint density at radius 3 is 2.79 bits per heavy atom. The van der Waals surface area contributed by atoms with E-state index in [1.807, 2.05) is 6.92 Å². The van der Waals surface area contributed by atoms with Crippen molar-refractivity contribution in [3.63, 3.8) is 0 Å². The van der Waals surface area contributed by atoms with Gasteiger partial charge in [0.1, 0.15) is 12.1 Å². The number of hydrogen-bond acceptors (Lipinski definition) is 4. The standard InChI is InChI=1S/C19H25IN2O2/c1-13(24)8-17-10-16-9-14(4-5-15(16)11-22(17)20)18-6-7-19(2,12-23)21(18)3/h4-5,9,12,17-18H,6-8,10-11H2,1-3H3/t17-,18?,19+/m1/s1. The lowest BCUT2D eigenvalue weighted by molar-refractivity contribution is -0.118. The van der Waals surface area contributed by atoms with Gasteiger partial charge in [-0.25, -0.2) is 3.11 Å². The van der Waals surface area contributed by atoms with Crippen LogP contribution in [-0.2, 0) is 22.6 Å². The zero-order chi connectivity index (χ0) is 17.5. The molecule has 3 rings (SSSR count). The summed E-state index contributed by atoms with van der Waals surface area (Å²) < 4.78 is 2.26. The monoisotopic (exact) mass is 440 g/mol. The summed E-state index contributed by atoms with van der Waals surface area (Å²) >= 11 is 2.34. The van der Waals surface area contributed by atoms with E-state index in [2.05, 4.69) is 56.1 Å². The van der Waals surface area contributed by atoms with E-state index in [0.717, 1.165) is 32.1 Å². The van der Waals surface area contributed by atoms with Crippen molar-refractivity contribution in [2.75, 3.05) is 7.05 Å². The number of nitrogens with zero attached hydrogens (tertiary/aromatic N) is 2. The first-order valence-corrected chi connectivity index (χ1v) is 9.53. The summed E-state index contributed by atoms with van der Waals surface area (Å²) in [6.45, 7) is 4.58. The molecule has 1 unspecified atom stereocenters. The third kappa shape index (κ3) is 3.30. The van der Waals surface area contributed by atoms with Gasteiger partial charge in [-0.1, -0.05) is 18.2 Å². The summed E-state index contributed by atoms with van der Waals surface area (Å²) in [5.41, 5.74) is 3.66. The van der Waals surface area contributed by atoms with E-state index in [4.69, 9.17) is 0 Å². The van der Waals surface area contributed by atoms with E-state index in [1.165, 1.54) is 16.7 Å². The molecule has 5 heteroatoms. The quantitative estimate of drug-likeness (QED) is 0.409. The van der Waals surface area contributed by atoms with Crippen LogP contribution < -0.4 is 0 Å². The fraction of sp³-hybridized carbons (Fsp3) is 0.579. The lowest BCUT2D eigenvalue weighted by Gasteiger charge is -2.34. The molecular formula is C19H25IN2O2. The molecule has 0 amide bonds. The van der Waals surface area contributed by atoms with Crippen molar-refractivity contribution in [1.29, 1.82) is 0 Å². The molecule has 1 fully saturated rings. The van der Waals surface area contributed by atoms with Crippen LogP contribution in [0.15, 0.2) is 18.2 Å². The molecule has 130 valence electrons. The number of hydrogen-bond donors (Lipinski definition) is 0. The average molecular weight is 440 g/mol. The van der Waals surface area contributed by atoms with E-state index < -0.39 is 0 Å². The summed E-state index contributed by atoms with van der Waals surface area (Å²) in [5, 5.41) is 0. The Balaban J connectivity index is 1.84. The van der Waals surface area contributed by atoms with Gasteiger partial charge in [0.15, 0.2) is 0 Å². The summed E-state index contributed by atoms with van der Waals surface area (Å²) in [7, 11) is 2.05. The van der Waals surface area contributed by atoms with Crippen molar-refractivity contribution in [3.8, 4) is 0 Å². The van der Waals surface area contributed by atoms with Gasteiger partial charge in [0.05, 0.1) is 5.54 Å². The molecule has 0 radical (unpaired) electrons. The minimum Gasteiger partial charge on any atom is -0.301 e. The number of fused-ring (bicyclic) bond motifs is 1. The molecule has 0 aliphatic carbocycles. The van der Waals surface area contributed by atoms with Crippen LogP contribution in [0.25, 0.3) is 0 Å². The highest BCUT2D eigenvalue weighted by molar-refractivity contribution is 14.1. The molecule has 2 aliphatic heterocycles. The summed E-state index contributed by atoms with van der Waals surface area (Å²) in [5.74, 6) is 0.249. The number of benzene rings is 1. The van der Waals surface area contributed by atoms with Crippen LogP contribution in [0.5, 0.6) is 0 Å². The first kappa shape index (κ1) is 18.0. The Bertz CT molecular complexity index is 663. The number of Topliss-reactive ketones (excluding diaryl/α,β-unsaturated/α-hetero) is 1. The molecule has 3 atom stereocenters. The Hall–Kier alpha value is -0.790. The molecule has 0 spiro atoms. The van der Waals surface area contributed by atoms with Gasteiger partial charge in [-0.15, -0.1) is 0 Å². The molecule has 0 bridgehead atoms. The highest BCUT2D eigenvalue weighted by Gasteiger charge is 2.41. The number of halogens is 1. The van der Waals surface area contributed by atoms with Gasteiger partial charge in [0.25, 0.3) is 0 Å². The van der Waals surface area contributed by atoms with Crippen molar-refractivity contribution in [2.45, 2.75) is 63.7 Å². The Labute approximate surface area is 158 Å². The van der Waals surface area contributed by atoms with E-state index in [-0.39, 0.29) is 17.4 Å². The van der Waals surface area contributed by atoms with Crippen molar-refractivity contribution in [1.82, 2.24) is 8.01 Å². The molecule has 1 saturated heterocycles. The van der Waals surface area contributed by atoms with Crippen molar-refractivity contribution < 1.29 is 9.59 Å². The maximum Gasteiger partial charge on any atom is 0.139 e. The Morgan fingerprint density at radius 1 is 1.42 bits per heavy atom. The number of likely N-dealkylation sites (N-methyl/N-ethyl adjacent to an activating group) is 1. The molecular weight excluding hydrogens is 415 g/mol. The molecule has 2 heterocycles. The smallest absolute Gasteiger partial charge is 0.139 e. The SMILES string of the molecule is CC(=O)C[C@@H]1Cc2cc(C3CC[C@@](C)(C=O)N3C)ccc2CN1I. The van der Waals surface area contributed by atoms with Crippen LogP contribution in [-0.4, -0.2) is 38.7 Å². The zero-order valence-corrected chi connectivity index (χ0v) is 16.7. The van der Waals surface area contributed by atoms with Crippen LogP contribution in [0.1, 0.15) is 55.8 Å². The predicted molar refractivity (Wildman–Crippen MR) is 103 cm³/mol. The normalized spacial score (nSPS) is 31.0. The Morgan fingerprint density at radius 2 is 2.17 bits per heavy atom. The first-order valence-electron chi connectivity index (χ1n) is 8.57. The second-order valence-electron chi connectivity index (χ2n) is 7.49. The van der Waals surface area contributed by atoms with Crippen LogP contribution >= 0.6 is 22.9 Å². The van der Waals surface area contributed by atoms with Gasteiger partial charge in [-0.2, -0.15) is 0 Å². The van der Waals surface area contributed by atoms with Crippen LogP contribution in [0.2, 0.25) is 0 Å². The number of rotatable bonds is 4. The molecule has 0 N–H and O–H groups in total. The maximum absolute atomic E-state index is 11.5. The fourth-order valence-corrected chi connectivity index (χ4v) is 4.79. The van der Waals surface area contributed by atoms with Crippen molar-refractivity contribution in [2.24, 2.45) is 0 Å². The summed E-state index contributed by atoms with van der Waals surface area (Å²) in [6.07, 6.45) is 4.54. The van der Waals surface area contributed by atoms with Crippen molar-refractivity contribution >= 4 is 34.9 Å². The molecule has 4 nitrogen and oxygen atoms in total. The van der Waals surface area contributed by atoms with Gasteiger partial charge < -0.3 is 4.79 Å². The lowest BCUT2D eigenvalue weighted by Crippen LogP contribution is -2.40. The second kappa shape index (κ2) is 6.84. The number of likely N-dealkylation sites (tertiary alicyclic amines) is 1. The maximum atomic E-state index is 11.5. The third-order valence-corrected chi connectivity index (χ3v) is 6.89. The van der Waals surface area contributed by atoms with Gasteiger partial charge in [0, 0.05) is 47.9 Å². The van der Waals surface area contributed by atoms with Crippen LogP contribution in [0.3, 0.4) is 0 Å². The predicted octanol–water partition coefficient (Wildman–Crippen LogP) is 3.47. The van der Waals surface area contributed by atoms with E-state index in [9.17, 15) is 9.59 Å². The topological polar surface area (TPSA) is 40.6 Å². The molecule has 24 heavy (non-hydrogen) atoms. The number of carbonyl (C=O) groups excluding carboxylic acids is 2. The molecule has 1 aromatic carbocycles. The zero-order valence-electron chi connectivity index (χ0n) is 14.6. The number of carbonyl (C=O) groups is 2. The third-order valence-electron chi connectivity index (χ3n) is 5.76. The molecule has 0 saturated carbocycles. The summed E-state index contributed by atoms with van der Waals surface area (Å²) in [4.78, 5) is 25.2. The molecule has 1 aromatic rings. The highest BCUT2D eigenvalue weighted by Crippen LogP contribution is 2.41. The Kier molecular flexibility index (Phi) is 5.14. The highest BCUT2D eigenvalue weighted by atomic mass is 127. The molecule has 0 aromatic heterocycles. The van der Waals surface area contributed by atoms with Gasteiger partial charge in [-0.3, -0.25) is 9.69 Å². The minimum atomic E-state index is -0.350. The van der Waals surface area contributed by atoms with Crippen LogP contribution in [0, 0.1) is 0 Å². The minimum absolute atomic E-state index is 0.249. The fourth-order valence-electron chi connectivity index (χ4n) is 4.03. The number of aldehydes is 1. The largest absolute Gasteiger partial charge is 0.301 e. The van der Waals surface area contributed by atoms with E-state index in [0.29, 0.717) is 12.5 Å². The first-order chi connectivity index (χ1) is 11.3. The molecule has 2 aliphatic rings.